The van der Waals surface area contributed by atoms with E-state index in [1.165, 1.54) is 5.56 Å². The SMILES string of the molecule is CCNC(=NCC(F)F)NC1CCN(Cc2ccccc2)C(C)C1.I. The maximum atomic E-state index is 12.4. The molecule has 0 radical (unpaired) electrons. The second-order valence-electron chi connectivity index (χ2n) is 6.28. The van der Waals surface area contributed by atoms with Gasteiger partial charge < -0.3 is 10.6 Å². The van der Waals surface area contributed by atoms with Crippen LogP contribution in [0, 0.1) is 0 Å². The number of hydrogen-bond donors (Lipinski definition) is 2. The van der Waals surface area contributed by atoms with Gasteiger partial charge in [-0.2, -0.15) is 0 Å². The minimum absolute atomic E-state index is 0. The van der Waals surface area contributed by atoms with Gasteiger partial charge in [0.15, 0.2) is 5.96 Å². The van der Waals surface area contributed by atoms with Crippen LogP contribution in [0.25, 0.3) is 0 Å². The van der Waals surface area contributed by atoms with Crippen LogP contribution >= 0.6 is 24.0 Å². The molecule has 0 aliphatic carbocycles. The lowest BCUT2D eigenvalue weighted by Crippen LogP contribution is -2.51. The first-order chi connectivity index (χ1) is 11.6. The zero-order valence-electron chi connectivity index (χ0n) is 14.9. The Bertz CT molecular complexity index is 513. The molecule has 2 N–H and O–H groups in total. The van der Waals surface area contributed by atoms with Gasteiger partial charge in [-0.3, -0.25) is 4.90 Å². The molecule has 1 aliphatic rings. The normalized spacial score (nSPS) is 21.7. The molecule has 4 nitrogen and oxygen atoms in total. The maximum Gasteiger partial charge on any atom is 0.257 e. The predicted molar refractivity (Wildman–Crippen MR) is 110 cm³/mol. The first-order valence-corrected chi connectivity index (χ1v) is 8.69. The van der Waals surface area contributed by atoms with Crippen molar-refractivity contribution >= 4 is 29.9 Å². The number of piperidine rings is 1. The molecule has 142 valence electrons. The third kappa shape index (κ3) is 7.85. The van der Waals surface area contributed by atoms with Gasteiger partial charge in [-0.1, -0.05) is 30.3 Å². The zero-order chi connectivity index (χ0) is 17.4. The lowest BCUT2D eigenvalue weighted by atomic mass is 9.97. The molecular weight excluding hydrogens is 437 g/mol. The predicted octanol–water partition coefficient (Wildman–Crippen LogP) is 3.48. The van der Waals surface area contributed by atoms with E-state index in [1.54, 1.807) is 0 Å². The molecule has 7 heteroatoms. The number of nitrogens with zero attached hydrogens (tertiary/aromatic N) is 2. The van der Waals surface area contributed by atoms with E-state index in [4.69, 9.17) is 0 Å². The van der Waals surface area contributed by atoms with Crippen molar-refractivity contribution in [2.75, 3.05) is 19.6 Å². The highest BCUT2D eigenvalue weighted by molar-refractivity contribution is 14.0. The summed E-state index contributed by atoms with van der Waals surface area (Å²) in [5, 5.41) is 6.35. The minimum Gasteiger partial charge on any atom is -0.357 e. The monoisotopic (exact) mass is 466 g/mol. The molecule has 1 saturated heterocycles. The Morgan fingerprint density at radius 2 is 2.04 bits per heavy atom. The molecule has 25 heavy (non-hydrogen) atoms. The summed E-state index contributed by atoms with van der Waals surface area (Å²) in [6, 6.07) is 11.2. The van der Waals surface area contributed by atoms with Crippen LogP contribution in [-0.4, -0.2) is 49.0 Å². The van der Waals surface area contributed by atoms with Crippen molar-refractivity contribution in [3.05, 3.63) is 35.9 Å². The first-order valence-electron chi connectivity index (χ1n) is 8.69. The Balaban J connectivity index is 0.00000312. The van der Waals surface area contributed by atoms with E-state index in [0.29, 0.717) is 18.5 Å². The molecule has 0 amide bonds. The van der Waals surface area contributed by atoms with E-state index in [1.807, 2.05) is 13.0 Å². The minimum atomic E-state index is -2.41. The molecular formula is C18H29F2IN4. The molecule has 0 saturated carbocycles. The molecule has 1 fully saturated rings. The molecule has 2 atom stereocenters. The van der Waals surface area contributed by atoms with Crippen molar-refractivity contribution in [1.82, 2.24) is 15.5 Å². The van der Waals surface area contributed by atoms with Crippen LogP contribution in [0.2, 0.25) is 0 Å². The topological polar surface area (TPSA) is 39.7 Å². The summed E-state index contributed by atoms with van der Waals surface area (Å²) in [6.07, 6.45) is -0.450. The summed E-state index contributed by atoms with van der Waals surface area (Å²) >= 11 is 0. The molecule has 1 heterocycles. The van der Waals surface area contributed by atoms with Crippen molar-refractivity contribution < 1.29 is 8.78 Å². The van der Waals surface area contributed by atoms with Gasteiger partial charge in [-0.05, 0) is 32.3 Å². The van der Waals surface area contributed by atoms with Gasteiger partial charge in [-0.25, -0.2) is 13.8 Å². The van der Waals surface area contributed by atoms with Crippen LogP contribution in [0.1, 0.15) is 32.3 Å². The van der Waals surface area contributed by atoms with E-state index in [2.05, 4.69) is 51.7 Å². The quantitative estimate of drug-likeness (QED) is 0.383. The van der Waals surface area contributed by atoms with E-state index < -0.39 is 13.0 Å². The Morgan fingerprint density at radius 1 is 1.32 bits per heavy atom. The van der Waals surface area contributed by atoms with E-state index in [-0.39, 0.29) is 30.0 Å². The number of benzene rings is 1. The second kappa shape index (κ2) is 11.6. The fourth-order valence-electron chi connectivity index (χ4n) is 3.08. The molecule has 2 rings (SSSR count). The highest BCUT2D eigenvalue weighted by Gasteiger charge is 2.26. The van der Waals surface area contributed by atoms with Crippen LogP contribution in [-0.2, 0) is 6.54 Å². The summed E-state index contributed by atoms with van der Waals surface area (Å²) in [6.45, 7) is 6.30. The third-order valence-corrected chi connectivity index (χ3v) is 4.31. The molecule has 0 spiro atoms. The largest absolute Gasteiger partial charge is 0.357 e. The molecule has 2 unspecified atom stereocenters. The van der Waals surface area contributed by atoms with Gasteiger partial charge in [0, 0.05) is 31.7 Å². The highest BCUT2D eigenvalue weighted by Crippen LogP contribution is 2.19. The lowest BCUT2D eigenvalue weighted by Gasteiger charge is -2.38. The van der Waals surface area contributed by atoms with Crippen molar-refractivity contribution in [2.45, 2.75) is 51.7 Å². The van der Waals surface area contributed by atoms with Gasteiger partial charge in [0.05, 0.1) is 0 Å². The Hall–Kier alpha value is -0.960. The summed E-state index contributed by atoms with van der Waals surface area (Å²) in [5.74, 6) is 0.492. The number of hydrogen-bond acceptors (Lipinski definition) is 2. The number of rotatable bonds is 6. The number of aliphatic imine (C=N–C) groups is 1. The molecule has 1 aliphatic heterocycles. The Kier molecular flexibility index (Phi) is 10.3. The number of likely N-dealkylation sites (tertiary alicyclic amines) is 1. The fourth-order valence-corrected chi connectivity index (χ4v) is 3.08. The molecule has 1 aromatic carbocycles. The fraction of sp³-hybridized carbons (Fsp3) is 0.611. The summed E-state index contributed by atoms with van der Waals surface area (Å²) in [5.41, 5.74) is 1.32. The van der Waals surface area contributed by atoms with Gasteiger partial charge >= 0.3 is 0 Å². The van der Waals surface area contributed by atoms with Crippen molar-refractivity contribution in [1.29, 1.82) is 0 Å². The molecule has 0 aromatic heterocycles. The van der Waals surface area contributed by atoms with Crippen LogP contribution < -0.4 is 10.6 Å². The summed E-state index contributed by atoms with van der Waals surface area (Å²) in [4.78, 5) is 6.42. The average Bonchev–Trinajstić information content (AvgIpc) is 2.56. The standard InChI is InChI=1S/C18H28F2N4.HI/c1-3-21-18(22-12-17(19)20)23-16-9-10-24(14(2)11-16)13-15-7-5-4-6-8-15;/h4-8,14,16-17H,3,9-13H2,1-2H3,(H2,21,22,23);1H. The van der Waals surface area contributed by atoms with Crippen molar-refractivity contribution in [2.24, 2.45) is 4.99 Å². The Morgan fingerprint density at radius 3 is 2.64 bits per heavy atom. The highest BCUT2D eigenvalue weighted by atomic mass is 127. The number of halogens is 3. The van der Waals surface area contributed by atoms with E-state index in [0.717, 1.165) is 25.9 Å². The lowest BCUT2D eigenvalue weighted by molar-refractivity contribution is 0.134. The maximum absolute atomic E-state index is 12.4. The van der Waals surface area contributed by atoms with Crippen LogP contribution in [0.5, 0.6) is 0 Å². The number of nitrogens with one attached hydrogen (secondary N) is 2. The van der Waals surface area contributed by atoms with Gasteiger partial charge in [0.2, 0.25) is 0 Å². The van der Waals surface area contributed by atoms with Crippen LogP contribution in [0.15, 0.2) is 35.3 Å². The zero-order valence-corrected chi connectivity index (χ0v) is 17.3. The summed E-state index contributed by atoms with van der Waals surface area (Å²) in [7, 11) is 0. The van der Waals surface area contributed by atoms with Gasteiger partial charge in [0.1, 0.15) is 6.54 Å². The molecule has 1 aromatic rings. The van der Waals surface area contributed by atoms with Crippen molar-refractivity contribution in [3.63, 3.8) is 0 Å². The Labute approximate surface area is 166 Å². The van der Waals surface area contributed by atoms with E-state index in [9.17, 15) is 8.78 Å². The van der Waals surface area contributed by atoms with Crippen LogP contribution in [0.4, 0.5) is 8.78 Å². The number of guanidine groups is 1. The smallest absolute Gasteiger partial charge is 0.257 e. The number of alkyl halides is 2. The third-order valence-electron chi connectivity index (χ3n) is 4.31. The summed E-state index contributed by atoms with van der Waals surface area (Å²) < 4.78 is 24.7. The van der Waals surface area contributed by atoms with E-state index >= 15 is 0 Å². The first kappa shape index (κ1) is 22.1. The average molecular weight is 466 g/mol. The molecule has 0 bridgehead atoms. The van der Waals surface area contributed by atoms with Gasteiger partial charge in [0.25, 0.3) is 6.43 Å². The van der Waals surface area contributed by atoms with Crippen molar-refractivity contribution in [3.8, 4) is 0 Å². The second-order valence-corrected chi connectivity index (χ2v) is 6.28. The van der Waals surface area contributed by atoms with Gasteiger partial charge in [-0.15, -0.1) is 24.0 Å². The van der Waals surface area contributed by atoms with Crippen LogP contribution in [0.3, 0.4) is 0 Å².